The van der Waals surface area contributed by atoms with E-state index in [0.29, 0.717) is 78.0 Å². The summed E-state index contributed by atoms with van der Waals surface area (Å²) >= 11 is 11.6. The van der Waals surface area contributed by atoms with Crippen molar-refractivity contribution in [2.24, 2.45) is 0 Å². The van der Waals surface area contributed by atoms with Crippen molar-refractivity contribution in [1.82, 2.24) is 25.3 Å². The first kappa shape index (κ1) is 75.5. The Hall–Kier alpha value is -9.20. The molecule has 5 N–H and O–H groups in total. The van der Waals surface area contributed by atoms with Crippen molar-refractivity contribution in [1.29, 1.82) is 5.26 Å². The molecule has 5 aliphatic rings. The smallest absolute Gasteiger partial charge is 0.429 e. The van der Waals surface area contributed by atoms with Gasteiger partial charge in [0.05, 0.1) is 65.1 Å². The van der Waals surface area contributed by atoms with Crippen LogP contribution in [0.4, 0.5) is 65.3 Å². The molecule has 10 rings (SSSR count). The van der Waals surface area contributed by atoms with Crippen molar-refractivity contribution in [2.75, 3.05) is 115 Å². The van der Waals surface area contributed by atoms with Crippen LogP contribution in [0.15, 0.2) is 97.1 Å². The fourth-order valence-corrected chi connectivity index (χ4v) is 14.2. The van der Waals surface area contributed by atoms with Gasteiger partial charge in [-0.2, -0.15) is 31.6 Å². The van der Waals surface area contributed by atoms with Gasteiger partial charge in [-0.05, 0) is 174 Å². The molecular formula is C70H76F6N12O12S2. The number of carbonyl (C=O) groups excluding carboxylic acids is 7. The fraction of sp³-hybridized carbons (Fsp3) is 0.429. The molecule has 5 aliphatic heterocycles. The second-order valence-electron chi connectivity index (χ2n) is 26.0. The van der Waals surface area contributed by atoms with E-state index in [-0.39, 0.29) is 91.3 Å². The average Bonchev–Trinajstić information content (AvgIpc) is 1.58. The van der Waals surface area contributed by atoms with E-state index in [1.54, 1.807) is 69.0 Å². The Labute approximate surface area is 594 Å². The quantitative estimate of drug-likeness (QED) is 0.0145. The molecule has 5 saturated heterocycles. The highest BCUT2D eigenvalue weighted by Gasteiger charge is 2.53. The highest BCUT2D eigenvalue weighted by molar-refractivity contribution is 7.81. The van der Waals surface area contributed by atoms with E-state index >= 15 is 13.2 Å². The minimum Gasteiger partial charge on any atom is -0.492 e. The van der Waals surface area contributed by atoms with Crippen LogP contribution in [0.5, 0.6) is 11.5 Å². The molecule has 0 spiro atoms. The number of imide groups is 2. The van der Waals surface area contributed by atoms with Gasteiger partial charge in [-0.25, -0.2) is 14.5 Å². The number of thiocarbonyl (C=S) groups is 2. The van der Waals surface area contributed by atoms with E-state index < -0.39 is 113 Å². The number of aryl methyl sites for hydroxylation is 2. The van der Waals surface area contributed by atoms with Crippen molar-refractivity contribution >= 4 is 110 Å². The number of carbonyl (C=O) groups is 7. The molecule has 102 heavy (non-hydrogen) atoms. The van der Waals surface area contributed by atoms with Gasteiger partial charge in [0.25, 0.3) is 17.7 Å². The number of alkyl halides is 6. The molecule has 0 aromatic heterocycles. The average molecular weight is 1460 g/mol. The van der Waals surface area contributed by atoms with Crippen LogP contribution >= 0.6 is 24.4 Å². The number of aliphatic hydroxyl groups excluding tert-OH is 2. The van der Waals surface area contributed by atoms with Gasteiger partial charge in [0.2, 0.25) is 11.8 Å². The lowest BCUT2D eigenvalue weighted by atomic mass is 10.0. The van der Waals surface area contributed by atoms with Gasteiger partial charge >= 0.3 is 24.4 Å². The van der Waals surface area contributed by atoms with Gasteiger partial charge in [0.15, 0.2) is 10.2 Å². The molecule has 0 bridgehead atoms. The lowest BCUT2D eigenvalue weighted by molar-refractivity contribution is -0.138. The summed E-state index contributed by atoms with van der Waals surface area (Å²) in [6, 6.07) is 20.8. The molecule has 5 fully saturated rings. The van der Waals surface area contributed by atoms with Crippen LogP contribution in [-0.2, 0) is 53.9 Å². The maximum atomic E-state index is 15.4. The number of nitriles is 1. The van der Waals surface area contributed by atoms with Crippen LogP contribution in [0.2, 0.25) is 0 Å². The topological polar surface area (TPSA) is 273 Å². The molecule has 0 radical (unpaired) electrons. The van der Waals surface area contributed by atoms with E-state index in [1.807, 2.05) is 18.7 Å². The summed E-state index contributed by atoms with van der Waals surface area (Å²) in [5.74, 6) is -4.27. The Morgan fingerprint density at radius 1 is 0.706 bits per heavy atom. The number of nitrogens with zero attached hydrogens (tertiary/aromatic N) is 9. The van der Waals surface area contributed by atoms with Gasteiger partial charge in [0.1, 0.15) is 41.8 Å². The number of piperazine rings is 2. The summed E-state index contributed by atoms with van der Waals surface area (Å²) in [6.07, 6.45) is -10.9. The summed E-state index contributed by atoms with van der Waals surface area (Å²) in [5.41, 5.74) is -5.72. The Morgan fingerprint density at radius 2 is 1.25 bits per heavy atom. The van der Waals surface area contributed by atoms with Crippen molar-refractivity contribution in [3.05, 3.63) is 130 Å². The Morgan fingerprint density at radius 3 is 1.79 bits per heavy atom. The Bertz CT molecular complexity index is 4170. The minimum atomic E-state index is -5.32. The lowest BCUT2D eigenvalue weighted by Gasteiger charge is -2.40. The zero-order chi connectivity index (χ0) is 73.9. The number of amides is 6. The molecule has 3 atom stereocenters. The number of hydrogen-bond acceptors (Lipinski definition) is 20. The largest absolute Gasteiger partial charge is 0.492 e. The van der Waals surface area contributed by atoms with E-state index in [4.69, 9.17) is 38.6 Å². The van der Waals surface area contributed by atoms with E-state index in [9.17, 15) is 62.2 Å². The molecule has 0 unspecified atom stereocenters. The third-order valence-electron chi connectivity index (χ3n) is 18.7. The van der Waals surface area contributed by atoms with Crippen LogP contribution in [-0.4, -0.2) is 191 Å². The number of nitrogens with one attached hydrogen (secondary N) is 3. The maximum Gasteiger partial charge on any atom is 0.429 e. The van der Waals surface area contributed by atoms with Gasteiger partial charge in [0, 0.05) is 87.9 Å². The zero-order valence-electron chi connectivity index (χ0n) is 56.6. The summed E-state index contributed by atoms with van der Waals surface area (Å²) in [7, 11) is 0. The van der Waals surface area contributed by atoms with Gasteiger partial charge in [-0.3, -0.25) is 53.8 Å². The Kier molecular flexibility index (Phi) is 22.8. The summed E-state index contributed by atoms with van der Waals surface area (Å²) < 4.78 is 106. The lowest BCUT2D eigenvalue weighted by Crippen LogP contribution is -2.57. The van der Waals surface area contributed by atoms with Crippen LogP contribution in [0, 0.1) is 11.3 Å². The number of rotatable bonds is 22. The summed E-state index contributed by atoms with van der Waals surface area (Å²) in [5, 5.41) is 38.1. The predicted octanol–water partition coefficient (Wildman–Crippen LogP) is 7.78. The van der Waals surface area contributed by atoms with Gasteiger partial charge in [-0.1, -0.05) is 19.9 Å². The summed E-state index contributed by atoms with van der Waals surface area (Å²) in [4.78, 5) is 108. The van der Waals surface area contributed by atoms with E-state index in [2.05, 4.69) is 20.9 Å². The van der Waals surface area contributed by atoms with Crippen molar-refractivity contribution in [2.45, 2.75) is 109 Å². The van der Waals surface area contributed by atoms with E-state index in [0.717, 1.165) is 46.7 Å². The monoisotopic (exact) mass is 1450 g/mol. The zero-order valence-corrected chi connectivity index (χ0v) is 58.2. The van der Waals surface area contributed by atoms with Crippen LogP contribution in [0.3, 0.4) is 0 Å². The van der Waals surface area contributed by atoms with Crippen molar-refractivity contribution in [3.8, 4) is 17.6 Å². The number of piperidine rings is 1. The molecule has 0 saturated carbocycles. The van der Waals surface area contributed by atoms with Crippen LogP contribution in [0.25, 0.3) is 0 Å². The molecule has 24 nitrogen and oxygen atoms in total. The normalized spacial score (nSPS) is 19.8. The molecule has 5 heterocycles. The second kappa shape index (κ2) is 30.8. The third kappa shape index (κ3) is 15.7. The molecule has 5 aromatic rings. The molecular weight excluding hydrogens is 1380 g/mol. The standard InChI is InChI=1S/C70H76F6N12O12S2/c1-7-41-30-49(15-19-56(41)98-28-26-82-23-22-78-36-50(82)39-89)88-65(102)86(63(96)68(88,5)6)47-14-17-52(54(34-47)70(74,75)76)61(94)100-66(97)84(45-11-9-10-44(32-45)79-55-18-21-58(91)80-60(55)93)59(92)38-81-24-25-83(51(37-81)40-90)27-29-99-57-20-16-48(31-42(57)8-2)87-64(101)85(62(95)67(87,3)4)46-13-12-43(35-77)53(33-46)69(71,72)73/h9-17,19-20,30-34,50-51,55,78-79,89-90H,7-8,18,21-29,36-40H2,1-6H3,(H,80,91,93)/t50-,51-,55-/m1/s1. The number of benzene rings is 5. The Balaban J connectivity index is 0.826. The molecule has 32 heteroatoms. The van der Waals surface area contributed by atoms with Gasteiger partial charge in [-0.15, -0.1) is 0 Å². The third-order valence-corrected chi connectivity index (χ3v) is 19.4. The van der Waals surface area contributed by atoms with Crippen LogP contribution < -0.4 is 49.9 Å². The highest BCUT2D eigenvalue weighted by atomic mass is 32.1. The van der Waals surface area contributed by atoms with E-state index in [1.165, 1.54) is 46.2 Å². The number of esters is 1. The first-order chi connectivity index (χ1) is 48.3. The van der Waals surface area contributed by atoms with Crippen LogP contribution in [0.1, 0.15) is 92.6 Å². The summed E-state index contributed by atoms with van der Waals surface area (Å²) in [6.45, 7) is 12.8. The molecule has 0 aliphatic carbocycles. The number of anilines is 6. The first-order valence-electron chi connectivity index (χ1n) is 33.0. The number of ether oxygens (including phenoxy) is 3. The highest BCUT2D eigenvalue weighted by Crippen LogP contribution is 2.44. The maximum absolute atomic E-state index is 15.4. The number of halogens is 6. The van der Waals surface area contributed by atoms with Gasteiger partial charge < -0.3 is 44.9 Å². The number of hydrogen-bond donors (Lipinski definition) is 5. The second-order valence-corrected chi connectivity index (χ2v) is 26.7. The number of aliphatic hydroxyl groups is 2. The fourth-order valence-electron chi connectivity index (χ4n) is 13.2. The minimum absolute atomic E-state index is 0.00614. The molecule has 542 valence electrons. The molecule has 5 aromatic carbocycles. The predicted molar refractivity (Wildman–Crippen MR) is 372 cm³/mol. The SMILES string of the molecule is CCc1cc(N2C(=S)N(c3ccc(C(=O)OC(=O)N(C(=O)CN4CCN(CCOc5ccc(N6C(=S)N(c7ccc(C#N)c(C(F)(F)F)c7)C(=O)C6(C)C)cc5CC)[C@@H](CO)C4)c4cccc(N[C@@H]5CCC(=O)NC5=O)c4)c(C(F)(F)F)c3)C(=O)C2(C)C)ccc1OCCN1CCNC[C@@H]1CO. The van der Waals surface area contributed by atoms with Crippen molar-refractivity contribution < 1.29 is 84.3 Å². The molecule has 6 amide bonds. The first-order valence-corrected chi connectivity index (χ1v) is 33.8. The van der Waals surface area contributed by atoms with Crippen molar-refractivity contribution in [3.63, 3.8) is 0 Å².